The number of amides is 1. The predicted octanol–water partition coefficient (Wildman–Crippen LogP) is 3.89. The topological polar surface area (TPSA) is 71.7 Å². The zero-order valence-corrected chi connectivity index (χ0v) is 14.1. The van der Waals surface area contributed by atoms with E-state index < -0.39 is 5.91 Å². The molecule has 5 nitrogen and oxygen atoms in total. The predicted molar refractivity (Wildman–Crippen MR) is 94.9 cm³/mol. The molecule has 1 aliphatic heterocycles. The normalized spacial score (nSPS) is 15.0. The second-order valence-corrected chi connectivity index (χ2v) is 6.85. The highest BCUT2D eigenvalue weighted by atomic mass is 16.5. The Morgan fingerprint density at radius 1 is 1.20 bits per heavy atom. The first-order valence-electron chi connectivity index (χ1n) is 8.22. The molecule has 0 spiro atoms. The van der Waals surface area contributed by atoms with Gasteiger partial charge < -0.3 is 19.6 Å². The highest BCUT2D eigenvalue weighted by Gasteiger charge is 2.32. The van der Waals surface area contributed by atoms with Gasteiger partial charge in [-0.2, -0.15) is 0 Å². The van der Waals surface area contributed by atoms with Crippen molar-refractivity contribution in [3.8, 4) is 5.75 Å². The van der Waals surface area contributed by atoms with E-state index in [1.807, 2.05) is 44.2 Å². The van der Waals surface area contributed by atoms with E-state index >= 15 is 0 Å². The molecule has 2 N–H and O–H groups in total. The SMILES string of the molecule is CC1(C)Cc2cccc(NC(=O)c3oc4ccccc4c3CO)c2O1. The highest BCUT2D eigenvalue weighted by Crippen LogP contribution is 2.40. The molecule has 0 fully saturated rings. The van der Waals surface area contributed by atoms with Crippen molar-refractivity contribution in [3.63, 3.8) is 0 Å². The Balaban J connectivity index is 1.70. The van der Waals surface area contributed by atoms with Gasteiger partial charge in [-0.3, -0.25) is 4.79 Å². The average Bonchev–Trinajstić information content (AvgIpc) is 3.11. The third-order valence-electron chi connectivity index (χ3n) is 4.40. The summed E-state index contributed by atoms with van der Waals surface area (Å²) in [5.74, 6) is 0.419. The number of hydrogen-bond donors (Lipinski definition) is 2. The fourth-order valence-corrected chi connectivity index (χ4v) is 3.33. The van der Waals surface area contributed by atoms with Crippen LogP contribution < -0.4 is 10.1 Å². The Morgan fingerprint density at radius 3 is 2.80 bits per heavy atom. The summed E-state index contributed by atoms with van der Waals surface area (Å²) in [6.45, 7) is 3.76. The van der Waals surface area contributed by atoms with Gasteiger partial charge in [0.15, 0.2) is 5.76 Å². The highest BCUT2D eigenvalue weighted by molar-refractivity contribution is 6.07. The third kappa shape index (κ3) is 2.66. The summed E-state index contributed by atoms with van der Waals surface area (Å²) in [5, 5.41) is 13.3. The maximum atomic E-state index is 12.8. The number of aliphatic hydroxyl groups excluding tert-OH is 1. The van der Waals surface area contributed by atoms with Gasteiger partial charge in [0.1, 0.15) is 16.9 Å². The molecule has 0 saturated heterocycles. The van der Waals surface area contributed by atoms with Crippen LogP contribution >= 0.6 is 0 Å². The lowest BCUT2D eigenvalue weighted by Gasteiger charge is -2.18. The Hall–Kier alpha value is -2.79. The number of nitrogens with one attached hydrogen (secondary N) is 1. The summed E-state index contributed by atoms with van der Waals surface area (Å²) in [7, 11) is 0. The largest absolute Gasteiger partial charge is 0.485 e. The van der Waals surface area contributed by atoms with E-state index in [0.29, 0.717) is 22.6 Å². The average molecular weight is 337 g/mol. The lowest BCUT2D eigenvalue weighted by molar-refractivity contribution is 0.0992. The minimum absolute atomic E-state index is 0.124. The summed E-state index contributed by atoms with van der Waals surface area (Å²) < 4.78 is 11.7. The van der Waals surface area contributed by atoms with E-state index in [2.05, 4.69) is 5.32 Å². The molecule has 1 aromatic heterocycles. The van der Waals surface area contributed by atoms with Crippen LogP contribution in [-0.4, -0.2) is 16.6 Å². The van der Waals surface area contributed by atoms with Crippen LogP contribution in [0.2, 0.25) is 0 Å². The molecule has 0 radical (unpaired) electrons. The number of hydrogen-bond acceptors (Lipinski definition) is 4. The second kappa shape index (κ2) is 5.63. The number of anilines is 1. The number of benzene rings is 2. The molecule has 2 aromatic carbocycles. The number of aliphatic hydroxyl groups is 1. The van der Waals surface area contributed by atoms with E-state index in [9.17, 15) is 9.90 Å². The van der Waals surface area contributed by atoms with Crippen molar-refractivity contribution in [1.29, 1.82) is 0 Å². The van der Waals surface area contributed by atoms with Gasteiger partial charge in [0, 0.05) is 22.9 Å². The monoisotopic (exact) mass is 337 g/mol. The van der Waals surface area contributed by atoms with Crippen molar-refractivity contribution in [1.82, 2.24) is 0 Å². The van der Waals surface area contributed by atoms with Crippen LogP contribution in [0.25, 0.3) is 11.0 Å². The number of para-hydroxylation sites is 2. The van der Waals surface area contributed by atoms with Gasteiger partial charge in [-0.25, -0.2) is 0 Å². The number of rotatable bonds is 3. The Kier molecular flexibility index (Phi) is 3.54. The van der Waals surface area contributed by atoms with Crippen LogP contribution in [0.15, 0.2) is 46.9 Å². The number of furan rings is 1. The fraction of sp³-hybridized carbons (Fsp3) is 0.250. The molecular weight excluding hydrogens is 318 g/mol. The molecule has 0 aliphatic carbocycles. The maximum absolute atomic E-state index is 12.8. The zero-order valence-electron chi connectivity index (χ0n) is 14.1. The number of ether oxygens (including phenoxy) is 1. The minimum atomic E-state index is -0.401. The van der Waals surface area contributed by atoms with E-state index in [-0.39, 0.29) is 18.0 Å². The van der Waals surface area contributed by atoms with Crippen LogP contribution in [0.4, 0.5) is 5.69 Å². The molecule has 0 atom stereocenters. The summed E-state index contributed by atoms with van der Waals surface area (Å²) in [6.07, 6.45) is 0.790. The van der Waals surface area contributed by atoms with Gasteiger partial charge >= 0.3 is 0 Å². The van der Waals surface area contributed by atoms with Gasteiger partial charge in [0.25, 0.3) is 5.91 Å². The summed E-state index contributed by atoms with van der Waals surface area (Å²) >= 11 is 0. The fourth-order valence-electron chi connectivity index (χ4n) is 3.33. The quantitative estimate of drug-likeness (QED) is 0.760. The van der Waals surface area contributed by atoms with Gasteiger partial charge in [-0.15, -0.1) is 0 Å². The Bertz CT molecular complexity index is 971. The van der Waals surface area contributed by atoms with Gasteiger partial charge in [-0.1, -0.05) is 30.3 Å². The molecule has 5 heteroatoms. The molecule has 25 heavy (non-hydrogen) atoms. The molecule has 128 valence electrons. The molecule has 0 saturated carbocycles. The molecule has 4 rings (SSSR count). The standard InChI is InChI=1S/C20H19NO4/c1-20(2)10-12-6-5-8-15(17(12)25-20)21-19(23)18-14(11-22)13-7-3-4-9-16(13)24-18/h3-9,22H,10-11H2,1-2H3,(H,21,23). The molecule has 1 amide bonds. The second-order valence-electron chi connectivity index (χ2n) is 6.85. The molecule has 0 bridgehead atoms. The first-order valence-corrected chi connectivity index (χ1v) is 8.22. The number of carbonyl (C=O) groups is 1. The Labute approximate surface area is 145 Å². The number of fused-ring (bicyclic) bond motifs is 2. The maximum Gasteiger partial charge on any atom is 0.291 e. The third-order valence-corrected chi connectivity index (χ3v) is 4.40. The summed E-state index contributed by atoms with van der Waals surface area (Å²) in [5.41, 5.74) is 2.44. The van der Waals surface area contributed by atoms with E-state index in [1.165, 1.54) is 0 Å². The summed E-state index contributed by atoms with van der Waals surface area (Å²) in [6, 6.07) is 13.0. The van der Waals surface area contributed by atoms with E-state index in [0.717, 1.165) is 17.4 Å². The summed E-state index contributed by atoms with van der Waals surface area (Å²) in [4.78, 5) is 12.8. The smallest absolute Gasteiger partial charge is 0.291 e. The van der Waals surface area contributed by atoms with Gasteiger partial charge in [0.2, 0.25) is 0 Å². The Morgan fingerprint density at radius 2 is 2.00 bits per heavy atom. The van der Waals surface area contributed by atoms with Crippen LogP contribution in [0.5, 0.6) is 5.75 Å². The van der Waals surface area contributed by atoms with Crippen molar-refractivity contribution in [2.75, 3.05) is 5.32 Å². The van der Waals surface area contributed by atoms with Gasteiger partial charge in [-0.05, 0) is 26.0 Å². The molecular formula is C20H19NO4. The van der Waals surface area contributed by atoms with Crippen LogP contribution in [0.1, 0.15) is 35.5 Å². The van der Waals surface area contributed by atoms with Crippen LogP contribution in [0.3, 0.4) is 0 Å². The molecule has 1 aliphatic rings. The van der Waals surface area contributed by atoms with E-state index in [1.54, 1.807) is 12.1 Å². The van der Waals surface area contributed by atoms with Crippen LogP contribution in [0, 0.1) is 0 Å². The molecule has 3 aromatic rings. The van der Waals surface area contributed by atoms with Crippen LogP contribution in [-0.2, 0) is 13.0 Å². The number of carbonyl (C=O) groups excluding carboxylic acids is 1. The minimum Gasteiger partial charge on any atom is -0.485 e. The van der Waals surface area contributed by atoms with Crippen molar-refractivity contribution in [2.24, 2.45) is 0 Å². The van der Waals surface area contributed by atoms with Crippen molar-refractivity contribution in [2.45, 2.75) is 32.5 Å². The zero-order chi connectivity index (χ0) is 17.6. The molecule has 0 unspecified atom stereocenters. The molecule has 2 heterocycles. The van der Waals surface area contributed by atoms with E-state index in [4.69, 9.17) is 9.15 Å². The van der Waals surface area contributed by atoms with Crippen molar-refractivity contribution < 1.29 is 19.1 Å². The van der Waals surface area contributed by atoms with Crippen molar-refractivity contribution >= 4 is 22.6 Å². The first-order chi connectivity index (χ1) is 12.0. The van der Waals surface area contributed by atoms with Gasteiger partial charge in [0.05, 0.1) is 12.3 Å². The lowest BCUT2D eigenvalue weighted by Crippen LogP contribution is -2.25. The first kappa shape index (κ1) is 15.7. The van der Waals surface area contributed by atoms with Crippen molar-refractivity contribution in [3.05, 3.63) is 59.4 Å². The lowest BCUT2D eigenvalue weighted by atomic mass is 10.0.